The molecule has 2 heterocycles. The lowest BCUT2D eigenvalue weighted by atomic mass is 10.1. The molecule has 0 aromatic heterocycles. The second-order valence-electron chi connectivity index (χ2n) is 8.88. The van der Waals surface area contributed by atoms with Crippen LogP contribution in [0, 0.1) is 0 Å². The molecule has 2 aromatic rings. The number of amides is 3. The lowest BCUT2D eigenvalue weighted by molar-refractivity contribution is -0.145. The maximum atomic E-state index is 13.1. The molecule has 3 amide bonds. The molecule has 0 saturated carbocycles. The van der Waals surface area contributed by atoms with E-state index in [0.29, 0.717) is 24.3 Å². The Balaban J connectivity index is 1.32. The predicted molar refractivity (Wildman–Crippen MR) is 133 cm³/mol. The number of benzene rings is 2. The highest BCUT2D eigenvalue weighted by molar-refractivity contribution is 5.98. The van der Waals surface area contributed by atoms with Crippen LogP contribution in [0.2, 0.25) is 0 Å². The lowest BCUT2D eigenvalue weighted by Gasteiger charge is -2.39. The van der Waals surface area contributed by atoms with Crippen molar-refractivity contribution in [3.63, 3.8) is 0 Å². The number of nitrogens with one attached hydrogen (secondary N) is 2. The first-order valence-electron chi connectivity index (χ1n) is 11.9. The van der Waals surface area contributed by atoms with Gasteiger partial charge in [-0.25, -0.2) is 0 Å². The van der Waals surface area contributed by atoms with Crippen LogP contribution >= 0.6 is 0 Å². The zero-order valence-electron chi connectivity index (χ0n) is 19.9. The standard InChI is InChI=1S/C26H31N5O4/c1-19(32)20-7-9-21(10-8-20)28-24(33)17-23-26(35)27-11-12-31(23)25(34)18-29-13-15-30(16-14-29)22-5-3-2-4-6-22/h2-10,23H,11-18H2,1H3,(H,27,35)(H,28,33). The molecule has 9 heteroatoms. The number of hydrogen-bond acceptors (Lipinski definition) is 6. The fourth-order valence-corrected chi connectivity index (χ4v) is 4.48. The van der Waals surface area contributed by atoms with E-state index in [1.807, 2.05) is 18.2 Å². The van der Waals surface area contributed by atoms with E-state index in [9.17, 15) is 19.2 Å². The average Bonchev–Trinajstić information content (AvgIpc) is 2.86. The molecule has 2 saturated heterocycles. The van der Waals surface area contributed by atoms with Crippen molar-refractivity contribution in [2.45, 2.75) is 19.4 Å². The highest BCUT2D eigenvalue weighted by Crippen LogP contribution is 2.17. The number of nitrogens with zero attached hydrogens (tertiary/aromatic N) is 3. The summed E-state index contributed by atoms with van der Waals surface area (Å²) in [6, 6.07) is 15.9. The van der Waals surface area contributed by atoms with Gasteiger partial charge < -0.3 is 20.4 Å². The average molecular weight is 478 g/mol. The number of rotatable bonds is 7. The smallest absolute Gasteiger partial charge is 0.243 e. The number of hydrogen-bond donors (Lipinski definition) is 2. The molecule has 2 fully saturated rings. The van der Waals surface area contributed by atoms with Gasteiger partial charge in [-0.15, -0.1) is 0 Å². The summed E-state index contributed by atoms with van der Waals surface area (Å²) < 4.78 is 0. The third-order valence-electron chi connectivity index (χ3n) is 6.46. The summed E-state index contributed by atoms with van der Waals surface area (Å²) in [5.74, 6) is -0.883. The Bertz CT molecular complexity index is 1060. The number of ketones is 1. The van der Waals surface area contributed by atoms with Crippen LogP contribution < -0.4 is 15.5 Å². The number of anilines is 2. The molecule has 184 valence electrons. The van der Waals surface area contributed by atoms with Gasteiger partial charge in [0.05, 0.1) is 13.0 Å². The van der Waals surface area contributed by atoms with Gasteiger partial charge in [-0.2, -0.15) is 0 Å². The first kappa shape index (κ1) is 24.4. The van der Waals surface area contributed by atoms with Crippen molar-refractivity contribution in [1.82, 2.24) is 15.1 Å². The summed E-state index contributed by atoms with van der Waals surface area (Å²) in [6.45, 7) is 5.60. The van der Waals surface area contributed by atoms with E-state index in [4.69, 9.17) is 0 Å². The predicted octanol–water partition coefficient (Wildman–Crippen LogP) is 1.37. The van der Waals surface area contributed by atoms with Crippen LogP contribution in [0.5, 0.6) is 0 Å². The Morgan fingerprint density at radius 1 is 0.943 bits per heavy atom. The summed E-state index contributed by atoms with van der Waals surface area (Å²) in [4.78, 5) is 55.7. The zero-order chi connectivity index (χ0) is 24.8. The minimum atomic E-state index is -0.849. The van der Waals surface area contributed by atoms with Crippen molar-refractivity contribution >= 4 is 34.9 Å². The second kappa shape index (κ2) is 11.1. The molecule has 0 bridgehead atoms. The number of para-hydroxylation sites is 1. The van der Waals surface area contributed by atoms with Crippen LogP contribution in [0.3, 0.4) is 0 Å². The summed E-state index contributed by atoms with van der Waals surface area (Å²) in [5.41, 5.74) is 2.26. The Morgan fingerprint density at radius 3 is 2.29 bits per heavy atom. The molecule has 2 aliphatic rings. The van der Waals surface area contributed by atoms with Gasteiger partial charge in [0.2, 0.25) is 17.7 Å². The third-order valence-corrected chi connectivity index (χ3v) is 6.46. The van der Waals surface area contributed by atoms with E-state index >= 15 is 0 Å². The molecule has 4 rings (SSSR count). The molecule has 0 aliphatic carbocycles. The van der Waals surface area contributed by atoms with Crippen molar-refractivity contribution in [2.24, 2.45) is 0 Å². The van der Waals surface area contributed by atoms with Crippen LogP contribution in [0.4, 0.5) is 11.4 Å². The normalized spacial score (nSPS) is 18.7. The minimum Gasteiger partial charge on any atom is -0.369 e. The highest BCUT2D eigenvalue weighted by Gasteiger charge is 2.35. The molecule has 0 radical (unpaired) electrons. The maximum Gasteiger partial charge on any atom is 0.243 e. The van der Waals surface area contributed by atoms with Crippen LogP contribution in [-0.2, 0) is 14.4 Å². The maximum absolute atomic E-state index is 13.1. The van der Waals surface area contributed by atoms with Gasteiger partial charge in [-0.1, -0.05) is 18.2 Å². The van der Waals surface area contributed by atoms with Gasteiger partial charge in [0.25, 0.3) is 0 Å². The van der Waals surface area contributed by atoms with Crippen LogP contribution in [0.1, 0.15) is 23.7 Å². The number of carbonyl (C=O) groups is 4. The van der Waals surface area contributed by atoms with Crippen LogP contribution in [0.15, 0.2) is 54.6 Å². The topological polar surface area (TPSA) is 102 Å². The first-order chi connectivity index (χ1) is 16.9. The SMILES string of the molecule is CC(=O)c1ccc(NC(=O)CC2C(=O)NCCN2C(=O)CN2CCN(c3ccccc3)CC2)cc1. The van der Waals surface area contributed by atoms with Crippen LogP contribution in [-0.4, -0.2) is 85.2 Å². The van der Waals surface area contributed by atoms with E-state index < -0.39 is 6.04 Å². The molecular formula is C26H31N5O4. The Hall–Kier alpha value is -3.72. The van der Waals surface area contributed by atoms with Crippen molar-refractivity contribution in [3.8, 4) is 0 Å². The summed E-state index contributed by atoms with van der Waals surface area (Å²) >= 11 is 0. The summed E-state index contributed by atoms with van der Waals surface area (Å²) in [5, 5.41) is 5.52. The van der Waals surface area contributed by atoms with Gasteiger partial charge in [0, 0.05) is 56.2 Å². The Labute approximate surface area is 205 Å². The van der Waals surface area contributed by atoms with E-state index in [1.165, 1.54) is 17.5 Å². The summed E-state index contributed by atoms with van der Waals surface area (Å²) in [7, 11) is 0. The van der Waals surface area contributed by atoms with Gasteiger partial charge in [0.1, 0.15) is 6.04 Å². The fraction of sp³-hybridized carbons (Fsp3) is 0.385. The van der Waals surface area contributed by atoms with Gasteiger partial charge in [0.15, 0.2) is 5.78 Å². The van der Waals surface area contributed by atoms with Gasteiger partial charge in [-0.05, 0) is 43.3 Å². The van der Waals surface area contributed by atoms with Crippen molar-refractivity contribution in [1.29, 1.82) is 0 Å². The quantitative estimate of drug-likeness (QED) is 0.584. The van der Waals surface area contributed by atoms with Gasteiger partial charge in [-0.3, -0.25) is 24.1 Å². The third kappa shape index (κ3) is 6.24. The zero-order valence-corrected chi connectivity index (χ0v) is 19.9. The second-order valence-corrected chi connectivity index (χ2v) is 8.88. The van der Waals surface area contributed by atoms with Crippen LogP contribution in [0.25, 0.3) is 0 Å². The van der Waals surface area contributed by atoms with Crippen molar-refractivity contribution < 1.29 is 19.2 Å². The molecule has 2 aliphatic heterocycles. The molecule has 1 unspecified atom stereocenters. The first-order valence-corrected chi connectivity index (χ1v) is 11.9. The number of Topliss-reactive ketones (excluding diaryl/α,β-unsaturated/α-hetero) is 1. The van der Waals surface area contributed by atoms with Crippen molar-refractivity contribution in [3.05, 3.63) is 60.2 Å². The lowest BCUT2D eigenvalue weighted by Crippen LogP contribution is -2.60. The molecule has 35 heavy (non-hydrogen) atoms. The van der Waals surface area contributed by atoms with E-state index in [1.54, 1.807) is 24.3 Å². The fourth-order valence-electron chi connectivity index (χ4n) is 4.48. The van der Waals surface area contributed by atoms with E-state index in [-0.39, 0.29) is 36.5 Å². The molecule has 1 atom stereocenters. The molecular weight excluding hydrogens is 446 g/mol. The monoisotopic (exact) mass is 477 g/mol. The van der Waals surface area contributed by atoms with Gasteiger partial charge >= 0.3 is 0 Å². The van der Waals surface area contributed by atoms with E-state index in [0.717, 1.165) is 26.2 Å². The Morgan fingerprint density at radius 2 is 1.63 bits per heavy atom. The van der Waals surface area contributed by atoms with E-state index in [2.05, 4.69) is 32.6 Å². The largest absolute Gasteiger partial charge is 0.369 e. The highest BCUT2D eigenvalue weighted by atomic mass is 16.2. The van der Waals surface area contributed by atoms with Crippen molar-refractivity contribution in [2.75, 3.05) is 56.0 Å². The molecule has 9 nitrogen and oxygen atoms in total. The molecule has 2 aromatic carbocycles. The number of piperazine rings is 2. The Kier molecular flexibility index (Phi) is 7.77. The summed E-state index contributed by atoms with van der Waals surface area (Å²) in [6.07, 6.45) is -0.131. The number of carbonyl (C=O) groups excluding carboxylic acids is 4. The molecule has 2 N–H and O–H groups in total. The minimum absolute atomic E-state index is 0.0580. The molecule has 0 spiro atoms.